The summed E-state index contributed by atoms with van der Waals surface area (Å²) in [6, 6.07) is 9.43. The molecule has 6 nitrogen and oxygen atoms in total. The maximum Gasteiger partial charge on any atom is 0.259 e. The lowest BCUT2D eigenvalue weighted by Crippen LogP contribution is -2.36. The molecule has 0 unspecified atom stereocenters. The molecule has 20 heavy (non-hydrogen) atoms. The van der Waals surface area contributed by atoms with Gasteiger partial charge in [0.15, 0.2) is 5.82 Å². The average Bonchev–Trinajstić information content (AvgIpc) is 2.87. The molecule has 1 aliphatic heterocycles. The summed E-state index contributed by atoms with van der Waals surface area (Å²) in [6.45, 7) is 0.0683. The van der Waals surface area contributed by atoms with Crippen LogP contribution in [0.25, 0.3) is 5.69 Å². The first-order valence-electron chi connectivity index (χ1n) is 6.25. The molecule has 2 amide bonds. The quantitative estimate of drug-likeness (QED) is 0.774. The number of nitrogens with zero attached hydrogens (tertiary/aromatic N) is 4. The third-order valence-electron chi connectivity index (χ3n) is 3.39. The number of aromatic nitrogens is 2. The van der Waals surface area contributed by atoms with Crippen LogP contribution in [-0.4, -0.2) is 47.1 Å². The van der Waals surface area contributed by atoms with Crippen LogP contribution in [0, 0.1) is 0 Å². The minimum absolute atomic E-state index is 0.0683. The van der Waals surface area contributed by atoms with Gasteiger partial charge in [0.2, 0.25) is 5.91 Å². The van der Waals surface area contributed by atoms with Gasteiger partial charge in [0, 0.05) is 14.1 Å². The second-order valence-electron chi connectivity index (χ2n) is 4.74. The number of amides is 2. The Balaban J connectivity index is 2.21. The first-order chi connectivity index (χ1) is 9.59. The van der Waals surface area contributed by atoms with Crippen molar-refractivity contribution in [1.82, 2.24) is 14.7 Å². The molecule has 0 spiro atoms. The third-order valence-corrected chi connectivity index (χ3v) is 3.39. The molecule has 2 aromatic rings. The molecule has 2 heterocycles. The van der Waals surface area contributed by atoms with Gasteiger partial charge >= 0.3 is 0 Å². The van der Waals surface area contributed by atoms with Crippen LogP contribution in [0.2, 0.25) is 0 Å². The highest BCUT2D eigenvalue weighted by Gasteiger charge is 2.31. The van der Waals surface area contributed by atoms with Crippen molar-refractivity contribution in [2.75, 3.05) is 25.5 Å². The SMILES string of the molecule is CN1CC(=O)N(C)c2c(cnn2-c2ccccc2)C1=O. The van der Waals surface area contributed by atoms with Crippen molar-refractivity contribution in [3.05, 3.63) is 42.1 Å². The Morgan fingerprint density at radius 1 is 1.10 bits per heavy atom. The first kappa shape index (κ1) is 12.4. The number of likely N-dealkylation sites (N-methyl/N-ethyl adjacent to an activating group) is 2. The fraction of sp³-hybridized carbons (Fsp3) is 0.214. The van der Waals surface area contributed by atoms with E-state index < -0.39 is 0 Å². The number of carbonyl (C=O) groups is 2. The molecule has 102 valence electrons. The minimum atomic E-state index is -0.195. The molecule has 0 radical (unpaired) electrons. The topological polar surface area (TPSA) is 58.4 Å². The second kappa shape index (κ2) is 4.48. The Bertz CT molecular complexity index is 678. The van der Waals surface area contributed by atoms with Crippen molar-refractivity contribution in [3.63, 3.8) is 0 Å². The molecule has 0 saturated heterocycles. The van der Waals surface area contributed by atoms with Gasteiger partial charge in [-0.25, -0.2) is 4.68 Å². The molecule has 1 aromatic carbocycles. The molecular formula is C14H14N4O2. The van der Waals surface area contributed by atoms with E-state index in [1.165, 1.54) is 16.0 Å². The number of para-hydroxylation sites is 1. The second-order valence-corrected chi connectivity index (χ2v) is 4.74. The molecule has 0 aliphatic carbocycles. The molecule has 3 rings (SSSR count). The van der Waals surface area contributed by atoms with E-state index in [-0.39, 0.29) is 18.4 Å². The summed E-state index contributed by atoms with van der Waals surface area (Å²) < 4.78 is 1.62. The lowest BCUT2D eigenvalue weighted by atomic mass is 10.2. The summed E-state index contributed by atoms with van der Waals surface area (Å²) in [4.78, 5) is 27.3. The van der Waals surface area contributed by atoms with E-state index in [2.05, 4.69) is 5.10 Å². The van der Waals surface area contributed by atoms with Crippen LogP contribution >= 0.6 is 0 Å². The minimum Gasteiger partial charge on any atom is -0.332 e. The smallest absolute Gasteiger partial charge is 0.259 e. The van der Waals surface area contributed by atoms with Crippen LogP contribution in [0.4, 0.5) is 5.82 Å². The summed E-state index contributed by atoms with van der Waals surface area (Å²) in [5.74, 6) is 0.174. The van der Waals surface area contributed by atoms with Crippen molar-refractivity contribution in [2.24, 2.45) is 0 Å². The number of carbonyl (C=O) groups excluding carboxylic acids is 2. The molecule has 1 aromatic heterocycles. The Morgan fingerprint density at radius 2 is 1.80 bits per heavy atom. The van der Waals surface area contributed by atoms with E-state index in [1.54, 1.807) is 18.8 Å². The van der Waals surface area contributed by atoms with Gasteiger partial charge < -0.3 is 4.90 Å². The number of hydrogen-bond donors (Lipinski definition) is 0. The number of fused-ring (bicyclic) bond motifs is 1. The standard InChI is InChI=1S/C14H14N4O2/c1-16-9-12(19)17(2)13-11(14(16)20)8-15-18(13)10-6-4-3-5-7-10/h3-8H,9H2,1-2H3. The highest BCUT2D eigenvalue weighted by molar-refractivity contribution is 6.08. The average molecular weight is 270 g/mol. The van der Waals surface area contributed by atoms with Crippen molar-refractivity contribution < 1.29 is 9.59 Å². The summed E-state index contributed by atoms with van der Waals surface area (Å²) in [7, 11) is 3.28. The van der Waals surface area contributed by atoms with Crippen molar-refractivity contribution in [2.45, 2.75) is 0 Å². The molecule has 0 atom stereocenters. The van der Waals surface area contributed by atoms with Crippen LogP contribution in [0.1, 0.15) is 10.4 Å². The first-order valence-corrected chi connectivity index (χ1v) is 6.25. The summed E-state index contributed by atoms with van der Waals surface area (Å²) in [5.41, 5.74) is 1.25. The Morgan fingerprint density at radius 3 is 2.50 bits per heavy atom. The maximum atomic E-state index is 12.3. The molecule has 6 heteroatoms. The van der Waals surface area contributed by atoms with Crippen LogP contribution in [0.5, 0.6) is 0 Å². The monoisotopic (exact) mass is 270 g/mol. The maximum absolute atomic E-state index is 12.3. The van der Waals surface area contributed by atoms with Gasteiger partial charge in [-0.05, 0) is 12.1 Å². The zero-order chi connectivity index (χ0) is 14.3. The van der Waals surface area contributed by atoms with E-state index in [1.807, 2.05) is 30.3 Å². The Kier molecular flexibility index (Phi) is 2.78. The summed E-state index contributed by atoms with van der Waals surface area (Å²) in [5, 5.41) is 4.25. The largest absolute Gasteiger partial charge is 0.332 e. The van der Waals surface area contributed by atoms with E-state index >= 15 is 0 Å². The Hall–Kier alpha value is -2.63. The van der Waals surface area contributed by atoms with E-state index in [4.69, 9.17) is 0 Å². The van der Waals surface area contributed by atoms with Crippen LogP contribution in [-0.2, 0) is 4.79 Å². The highest BCUT2D eigenvalue weighted by atomic mass is 16.2. The molecular weight excluding hydrogens is 256 g/mol. The van der Waals surface area contributed by atoms with E-state index in [0.717, 1.165) is 5.69 Å². The van der Waals surface area contributed by atoms with Gasteiger partial charge in [-0.15, -0.1) is 0 Å². The van der Waals surface area contributed by atoms with Crippen LogP contribution in [0.3, 0.4) is 0 Å². The Labute approximate surface area is 116 Å². The predicted molar refractivity (Wildman–Crippen MR) is 73.9 cm³/mol. The molecule has 0 fully saturated rings. The summed E-state index contributed by atoms with van der Waals surface area (Å²) >= 11 is 0. The molecule has 1 aliphatic rings. The van der Waals surface area contributed by atoms with Gasteiger partial charge in [-0.1, -0.05) is 18.2 Å². The van der Waals surface area contributed by atoms with Crippen molar-refractivity contribution in [1.29, 1.82) is 0 Å². The van der Waals surface area contributed by atoms with E-state index in [0.29, 0.717) is 11.4 Å². The number of hydrogen-bond acceptors (Lipinski definition) is 3. The van der Waals surface area contributed by atoms with Crippen molar-refractivity contribution in [3.8, 4) is 5.69 Å². The lowest BCUT2D eigenvalue weighted by molar-refractivity contribution is -0.118. The lowest BCUT2D eigenvalue weighted by Gasteiger charge is -2.17. The zero-order valence-electron chi connectivity index (χ0n) is 11.3. The molecule has 0 bridgehead atoms. The van der Waals surface area contributed by atoms with Gasteiger partial charge in [0.1, 0.15) is 12.1 Å². The van der Waals surface area contributed by atoms with Crippen molar-refractivity contribution >= 4 is 17.6 Å². The van der Waals surface area contributed by atoms with Crippen LogP contribution in [0.15, 0.2) is 36.5 Å². The normalized spacial score (nSPS) is 15.3. The fourth-order valence-corrected chi connectivity index (χ4v) is 2.28. The zero-order valence-corrected chi connectivity index (χ0v) is 11.3. The number of benzene rings is 1. The third kappa shape index (κ3) is 1.77. The van der Waals surface area contributed by atoms with Crippen LogP contribution < -0.4 is 4.90 Å². The van der Waals surface area contributed by atoms with Gasteiger partial charge in [0.25, 0.3) is 5.91 Å². The molecule has 0 saturated carbocycles. The number of rotatable bonds is 1. The van der Waals surface area contributed by atoms with Gasteiger partial charge in [0.05, 0.1) is 11.9 Å². The molecule has 0 N–H and O–H groups in total. The summed E-state index contributed by atoms with van der Waals surface area (Å²) in [6.07, 6.45) is 1.51. The van der Waals surface area contributed by atoms with E-state index in [9.17, 15) is 9.59 Å². The van der Waals surface area contributed by atoms with Gasteiger partial charge in [-0.2, -0.15) is 5.10 Å². The number of anilines is 1. The highest BCUT2D eigenvalue weighted by Crippen LogP contribution is 2.26. The fourth-order valence-electron chi connectivity index (χ4n) is 2.28. The van der Waals surface area contributed by atoms with Gasteiger partial charge in [-0.3, -0.25) is 14.5 Å². The predicted octanol–water partition coefficient (Wildman–Crippen LogP) is 0.921.